The molecule has 0 atom stereocenters. The third kappa shape index (κ3) is 9.20. The van der Waals surface area contributed by atoms with Crippen molar-refractivity contribution in [2.24, 2.45) is 4.99 Å². The summed E-state index contributed by atoms with van der Waals surface area (Å²) in [5, 5.41) is 12.0. The molecule has 0 heterocycles. The average Bonchev–Trinajstić information content (AvgIpc) is 2.76. The number of benzene rings is 2. The normalized spacial score (nSPS) is 9.84. The van der Waals surface area contributed by atoms with Gasteiger partial charge in [0.05, 0.1) is 16.7 Å². The smallest absolute Gasteiger partial charge is 0.194 e. The number of carbonyl (C=O) groups excluding carboxylic acids is 1. The Morgan fingerprint density at radius 2 is 1.97 bits per heavy atom. The minimum absolute atomic E-state index is 0.0582. The van der Waals surface area contributed by atoms with Gasteiger partial charge in [0, 0.05) is 19.0 Å². The zero-order valence-electron chi connectivity index (χ0n) is 18.2. The van der Waals surface area contributed by atoms with Gasteiger partial charge in [-0.1, -0.05) is 56.6 Å². The Morgan fingerprint density at radius 3 is 2.42 bits per heavy atom. The number of ether oxygens (including phenoxy) is 1. The summed E-state index contributed by atoms with van der Waals surface area (Å²) in [6.07, 6.45) is 1.95. The lowest BCUT2D eigenvalue weighted by Gasteiger charge is -2.11. The van der Waals surface area contributed by atoms with Gasteiger partial charge in [0.1, 0.15) is 5.75 Å². The summed E-state index contributed by atoms with van der Waals surface area (Å²) >= 11 is 11.8. The number of nitrogens with zero attached hydrogens (tertiary/aromatic N) is 2. The highest BCUT2D eigenvalue weighted by Crippen LogP contribution is 2.35. The predicted octanol–water partition coefficient (Wildman–Crippen LogP) is 6.72. The second kappa shape index (κ2) is 15.0. The van der Waals surface area contributed by atoms with Crippen molar-refractivity contribution in [3.05, 3.63) is 70.1 Å². The maximum Gasteiger partial charge on any atom is 0.194 e. The monoisotopic (exact) mass is 465 g/mol. The third-order valence-electron chi connectivity index (χ3n) is 3.53. The van der Waals surface area contributed by atoms with Gasteiger partial charge in [-0.05, 0) is 42.4 Å². The first-order chi connectivity index (χ1) is 14.8. The molecule has 0 saturated carbocycles. The van der Waals surface area contributed by atoms with E-state index in [1.54, 1.807) is 19.2 Å². The van der Waals surface area contributed by atoms with Crippen LogP contribution in [0.5, 0.6) is 11.5 Å². The van der Waals surface area contributed by atoms with E-state index in [2.05, 4.69) is 16.9 Å². The van der Waals surface area contributed by atoms with E-state index in [9.17, 15) is 9.18 Å². The fourth-order valence-electron chi connectivity index (χ4n) is 2.16. The van der Waals surface area contributed by atoms with Gasteiger partial charge in [-0.2, -0.15) is 5.26 Å². The highest BCUT2D eigenvalue weighted by atomic mass is 35.5. The summed E-state index contributed by atoms with van der Waals surface area (Å²) in [6, 6.07) is 9.61. The SMILES string of the molecule is C=CNC(=NC)C(C)=O.CC.CCc1ccc(Cl)c(Oc2cc(Cl)cc(C#N)c2)c1F. The molecule has 5 nitrogen and oxygen atoms in total. The zero-order chi connectivity index (χ0) is 24.0. The Labute approximate surface area is 193 Å². The van der Waals surface area contributed by atoms with Crippen LogP contribution in [0.1, 0.15) is 38.8 Å². The van der Waals surface area contributed by atoms with Gasteiger partial charge in [0.25, 0.3) is 0 Å². The number of carbonyl (C=O) groups is 1. The Balaban J connectivity index is 0.000000692. The van der Waals surface area contributed by atoms with E-state index >= 15 is 0 Å². The Bertz CT molecular complexity index is 970. The van der Waals surface area contributed by atoms with Crippen LogP contribution < -0.4 is 10.1 Å². The lowest BCUT2D eigenvalue weighted by molar-refractivity contribution is -0.111. The van der Waals surface area contributed by atoms with E-state index in [1.807, 2.05) is 26.8 Å². The van der Waals surface area contributed by atoms with Crippen LogP contribution in [-0.4, -0.2) is 18.7 Å². The second-order valence-corrected chi connectivity index (χ2v) is 6.41. The lowest BCUT2D eigenvalue weighted by Crippen LogP contribution is -2.24. The molecule has 1 N–H and O–H groups in total. The first kappa shape index (κ1) is 28.1. The second-order valence-electron chi connectivity index (χ2n) is 5.57. The molecule has 0 fully saturated rings. The molecule has 0 spiro atoms. The van der Waals surface area contributed by atoms with E-state index in [0.29, 0.717) is 28.4 Å². The number of hydrogen-bond acceptors (Lipinski definition) is 4. The van der Waals surface area contributed by atoms with Crippen molar-refractivity contribution in [2.45, 2.75) is 34.1 Å². The van der Waals surface area contributed by atoms with Crippen molar-refractivity contribution in [2.75, 3.05) is 7.05 Å². The van der Waals surface area contributed by atoms with Crippen LogP contribution in [0.15, 0.2) is 48.1 Å². The maximum atomic E-state index is 14.2. The molecule has 2 aromatic rings. The van der Waals surface area contributed by atoms with E-state index in [4.69, 9.17) is 33.2 Å². The summed E-state index contributed by atoms with van der Waals surface area (Å²) in [7, 11) is 1.55. The van der Waals surface area contributed by atoms with Crippen molar-refractivity contribution in [1.29, 1.82) is 5.26 Å². The topological polar surface area (TPSA) is 74.5 Å². The Hall–Kier alpha value is -2.88. The molecular formula is C23H26Cl2FN3O2. The van der Waals surface area contributed by atoms with Gasteiger partial charge in [-0.15, -0.1) is 0 Å². The fourth-order valence-corrected chi connectivity index (χ4v) is 2.57. The highest BCUT2D eigenvalue weighted by molar-refractivity contribution is 6.38. The molecular weight excluding hydrogens is 440 g/mol. The van der Waals surface area contributed by atoms with E-state index < -0.39 is 5.82 Å². The van der Waals surface area contributed by atoms with Gasteiger partial charge in [0.2, 0.25) is 0 Å². The van der Waals surface area contributed by atoms with Crippen LogP contribution >= 0.6 is 23.2 Å². The van der Waals surface area contributed by atoms with Crippen LogP contribution in [0.3, 0.4) is 0 Å². The van der Waals surface area contributed by atoms with Crippen LogP contribution in [0, 0.1) is 17.1 Å². The lowest BCUT2D eigenvalue weighted by atomic mass is 10.1. The first-order valence-corrected chi connectivity index (χ1v) is 10.2. The maximum absolute atomic E-state index is 14.2. The van der Waals surface area contributed by atoms with Crippen molar-refractivity contribution in [3.8, 4) is 17.6 Å². The van der Waals surface area contributed by atoms with Gasteiger partial charge < -0.3 is 10.1 Å². The molecule has 0 saturated heterocycles. The molecule has 0 aliphatic carbocycles. The molecule has 8 heteroatoms. The van der Waals surface area contributed by atoms with Gasteiger partial charge in [-0.3, -0.25) is 9.79 Å². The Kier molecular flexibility index (Phi) is 13.6. The van der Waals surface area contributed by atoms with Gasteiger partial charge in [-0.25, -0.2) is 4.39 Å². The van der Waals surface area contributed by atoms with Crippen LogP contribution in [0.4, 0.5) is 4.39 Å². The molecule has 0 aromatic heterocycles. The molecule has 0 aliphatic rings. The number of aryl methyl sites for hydroxylation is 1. The number of Topliss-reactive ketones (excluding diaryl/α,β-unsaturated/α-hetero) is 1. The minimum atomic E-state index is -0.501. The van der Waals surface area contributed by atoms with Crippen LogP contribution in [0.2, 0.25) is 10.0 Å². The number of hydrogen-bond donors (Lipinski definition) is 1. The number of halogens is 3. The van der Waals surface area contributed by atoms with Crippen molar-refractivity contribution >= 4 is 34.8 Å². The quantitative estimate of drug-likeness (QED) is 0.392. The molecule has 0 aliphatic heterocycles. The summed E-state index contributed by atoms with van der Waals surface area (Å²) in [5.41, 5.74) is 0.836. The third-order valence-corrected chi connectivity index (χ3v) is 4.04. The number of nitrogens with one attached hydrogen (secondary N) is 1. The predicted molar refractivity (Wildman–Crippen MR) is 126 cm³/mol. The standard InChI is InChI=1S/C15H10Cl2FNO.C6H10N2O.C2H6/c1-2-10-3-4-13(17)15(14(10)18)20-12-6-9(8-19)5-11(16)7-12;1-4-8-6(7-3)5(2)9;1-2/h3-7H,2H2,1H3;4H,1H2,2-3H3,(H,7,8);1-2H3. The van der Waals surface area contributed by atoms with E-state index in [0.717, 1.165) is 0 Å². The molecule has 2 aromatic carbocycles. The molecule has 166 valence electrons. The summed E-state index contributed by atoms with van der Waals surface area (Å²) in [4.78, 5) is 14.2. The first-order valence-electron chi connectivity index (χ1n) is 9.47. The van der Waals surface area contributed by atoms with E-state index in [-0.39, 0.29) is 22.3 Å². The average molecular weight is 466 g/mol. The van der Waals surface area contributed by atoms with Gasteiger partial charge in [0.15, 0.2) is 23.2 Å². The number of nitriles is 1. The fraction of sp³-hybridized carbons (Fsp3) is 0.261. The molecule has 0 unspecified atom stereocenters. The Morgan fingerprint density at radius 1 is 1.32 bits per heavy atom. The van der Waals surface area contributed by atoms with E-state index in [1.165, 1.54) is 31.3 Å². The number of aliphatic imine (C=N–C) groups is 1. The largest absolute Gasteiger partial charge is 0.453 e. The van der Waals surface area contributed by atoms with Crippen molar-refractivity contribution in [1.82, 2.24) is 5.32 Å². The minimum Gasteiger partial charge on any atom is -0.453 e. The summed E-state index contributed by atoms with van der Waals surface area (Å²) < 4.78 is 19.7. The number of ketones is 1. The van der Waals surface area contributed by atoms with Crippen LogP contribution in [0.25, 0.3) is 0 Å². The summed E-state index contributed by atoms with van der Waals surface area (Å²) in [5.74, 6) is -0.0406. The van der Waals surface area contributed by atoms with Crippen molar-refractivity contribution in [3.63, 3.8) is 0 Å². The zero-order valence-corrected chi connectivity index (χ0v) is 19.7. The molecule has 0 radical (unpaired) electrons. The molecule has 2 rings (SSSR count). The number of rotatable bonds is 5. The molecule has 0 bridgehead atoms. The highest BCUT2D eigenvalue weighted by Gasteiger charge is 2.14. The van der Waals surface area contributed by atoms with Crippen molar-refractivity contribution < 1.29 is 13.9 Å². The molecule has 0 amide bonds. The van der Waals surface area contributed by atoms with Gasteiger partial charge >= 0.3 is 0 Å². The number of amidine groups is 1. The van der Waals surface area contributed by atoms with Crippen LogP contribution in [-0.2, 0) is 11.2 Å². The summed E-state index contributed by atoms with van der Waals surface area (Å²) in [6.45, 7) is 10.7. The molecule has 31 heavy (non-hydrogen) atoms.